The van der Waals surface area contributed by atoms with Gasteiger partial charge in [-0.1, -0.05) is 11.4 Å². The molecular weight excluding hydrogens is 206 g/mol. The number of hydrogen-bond donors (Lipinski definition) is 2. The second-order valence-corrected chi connectivity index (χ2v) is 3.17. The molecule has 0 aliphatic rings. The lowest BCUT2D eigenvalue weighted by molar-refractivity contribution is -0.139. The number of aromatic nitrogens is 2. The first kappa shape index (κ1) is 10.6. The molecule has 0 spiro atoms. The molecule has 1 aromatic rings. The van der Waals surface area contributed by atoms with Crippen molar-refractivity contribution in [2.75, 3.05) is 0 Å². The third kappa shape index (κ3) is 2.49. The van der Waals surface area contributed by atoms with Crippen LogP contribution in [0.1, 0.15) is 23.8 Å². The van der Waals surface area contributed by atoms with Crippen molar-refractivity contribution in [3.05, 3.63) is 11.1 Å². The Balaban J connectivity index is 2.60. The highest BCUT2D eigenvalue weighted by Crippen LogP contribution is 1.99. The number of carbonyl (C=O) groups is 2. The van der Waals surface area contributed by atoms with Crippen molar-refractivity contribution in [2.45, 2.75) is 19.4 Å². The minimum Gasteiger partial charge on any atom is -0.480 e. The molecule has 7 heteroatoms. The zero-order valence-electron chi connectivity index (χ0n) is 7.43. The summed E-state index contributed by atoms with van der Waals surface area (Å²) in [6, 6.07) is -0.871. The summed E-state index contributed by atoms with van der Waals surface area (Å²) < 4.78 is 3.50. The normalized spacial score (nSPS) is 12.1. The van der Waals surface area contributed by atoms with Crippen molar-refractivity contribution < 1.29 is 14.7 Å². The average molecular weight is 215 g/mol. The number of hydrogen-bond acceptors (Lipinski definition) is 5. The van der Waals surface area contributed by atoms with E-state index in [9.17, 15) is 9.59 Å². The molecule has 1 heterocycles. The van der Waals surface area contributed by atoms with E-state index in [2.05, 4.69) is 14.9 Å². The van der Waals surface area contributed by atoms with E-state index in [1.54, 1.807) is 6.92 Å². The third-order valence-corrected chi connectivity index (χ3v) is 2.11. The van der Waals surface area contributed by atoms with Gasteiger partial charge in [0.2, 0.25) is 0 Å². The Hall–Kier alpha value is -1.50. The molecule has 0 radical (unpaired) electrons. The van der Waals surface area contributed by atoms with Crippen LogP contribution in [0.3, 0.4) is 0 Å². The third-order valence-electron chi connectivity index (χ3n) is 1.60. The topological polar surface area (TPSA) is 92.2 Å². The summed E-state index contributed by atoms with van der Waals surface area (Å²) in [4.78, 5) is 21.9. The highest BCUT2D eigenvalue weighted by Gasteiger charge is 2.19. The summed E-state index contributed by atoms with van der Waals surface area (Å²) in [5, 5.41) is 16.0. The van der Waals surface area contributed by atoms with Gasteiger partial charge in [-0.15, -0.1) is 5.10 Å². The standard InChI is InChI=1S/C7H9N3O3S/c1-2-4(7(12)13)8-6(11)5-3-14-10-9-5/h3-4H,2H2,1H3,(H,8,11)(H,12,13)/t4-/m1/s1. The first-order valence-corrected chi connectivity index (χ1v) is 4.79. The van der Waals surface area contributed by atoms with Crippen LogP contribution < -0.4 is 5.32 Å². The second kappa shape index (κ2) is 4.66. The maximum absolute atomic E-state index is 11.3. The molecule has 0 aliphatic heterocycles. The maximum atomic E-state index is 11.3. The van der Waals surface area contributed by atoms with Crippen LogP contribution in [0.15, 0.2) is 5.38 Å². The smallest absolute Gasteiger partial charge is 0.326 e. The van der Waals surface area contributed by atoms with Crippen LogP contribution in [-0.4, -0.2) is 32.6 Å². The van der Waals surface area contributed by atoms with Crippen LogP contribution >= 0.6 is 11.5 Å². The molecule has 0 bridgehead atoms. The van der Waals surface area contributed by atoms with Gasteiger partial charge in [0.05, 0.1) is 0 Å². The van der Waals surface area contributed by atoms with Gasteiger partial charge in [0.25, 0.3) is 5.91 Å². The largest absolute Gasteiger partial charge is 0.480 e. The fourth-order valence-corrected chi connectivity index (χ4v) is 1.27. The van der Waals surface area contributed by atoms with E-state index in [-0.39, 0.29) is 5.69 Å². The lowest BCUT2D eigenvalue weighted by atomic mass is 10.2. The van der Waals surface area contributed by atoms with Gasteiger partial charge in [-0.05, 0) is 18.0 Å². The zero-order chi connectivity index (χ0) is 10.6. The van der Waals surface area contributed by atoms with Crippen molar-refractivity contribution in [1.82, 2.24) is 14.9 Å². The van der Waals surface area contributed by atoms with Crippen LogP contribution in [0.4, 0.5) is 0 Å². The first-order valence-electron chi connectivity index (χ1n) is 3.96. The quantitative estimate of drug-likeness (QED) is 0.744. The van der Waals surface area contributed by atoms with Crippen molar-refractivity contribution in [1.29, 1.82) is 0 Å². The van der Waals surface area contributed by atoms with Gasteiger partial charge in [-0.3, -0.25) is 4.79 Å². The molecule has 1 atom stereocenters. The lowest BCUT2D eigenvalue weighted by Crippen LogP contribution is -2.40. The van der Waals surface area contributed by atoms with E-state index < -0.39 is 17.9 Å². The fourth-order valence-electron chi connectivity index (χ4n) is 0.834. The molecule has 0 unspecified atom stereocenters. The molecule has 0 aliphatic carbocycles. The number of amides is 1. The summed E-state index contributed by atoms with van der Waals surface area (Å²) in [5.74, 6) is -1.56. The fraction of sp³-hybridized carbons (Fsp3) is 0.429. The highest BCUT2D eigenvalue weighted by molar-refractivity contribution is 7.03. The Bertz CT molecular complexity index is 325. The summed E-state index contributed by atoms with van der Waals surface area (Å²) in [5.41, 5.74) is 0.148. The molecule has 0 aromatic carbocycles. The zero-order valence-corrected chi connectivity index (χ0v) is 8.24. The van der Waals surface area contributed by atoms with Crippen LogP contribution in [0.5, 0.6) is 0 Å². The van der Waals surface area contributed by atoms with E-state index in [1.165, 1.54) is 5.38 Å². The Morgan fingerprint density at radius 2 is 2.43 bits per heavy atom. The Kier molecular flexibility index (Phi) is 3.52. The van der Waals surface area contributed by atoms with E-state index in [1.807, 2.05) is 0 Å². The lowest BCUT2D eigenvalue weighted by Gasteiger charge is -2.10. The van der Waals surface area contributed by atoms with E-state index in [0.29, 0.717) is 6.42 Å². The Labute approximate surface area is 84.1 Å². The molecule has 1 rings (SSSR count). The molecule has 14 heavy (non-hydrogen) atoms. The van der Waals surface area contributed by atoms with Crippen LogP contribution in [-0.2, 0) is 4.79 Å². The maximum Gasteiger partial charge on any atom is 0.326 e. The molecule has 6 nitrogen and oxygen atoms in total. The van der Waals surface area contributed by atoms with Crippen LogP contribution in [0.25, 0.3) is 0 Å². The monoisotopic (exact) mass is 215 g/mol. The molecular formula is C7H9N3O3S. The van der Waals surface area contributed by atoms with E-state index >= 15 is 0 Å². The van der Waals surface area contributed by atoms with Gasteiger partial charge < -0.3 is 10.4 Å². The van der Waals surface area contributed by atoms with Crippen molar-refractivity contribution >= 4 is 23.4 Å². The number of carboxylic acids is 1. The Morgan fingerprint density at radius 1 is 1.71 bits per heavy atom. The predicted octanol–water partition coefficient (Wildman–Crippen LogP) is 0.131. The van der Waals surface area contributed by atoms with Gasteiger partial charge in [-0.25, -0.2) is 4.79 Å². The minimum atomic E-state index is -1.05. The van der Waals surface area contributed by atoms with Crippen LogP contribution in [0, 0.1) is 0 Å². The summed E-state index contributed by atoms with van der Waals surface area (Å²) in [6.07, 6.45) is 0.332. The second-order valence-electron chi connectivity index (χ2n) is 2.56. The highest BCUT2D eigenvalue weighted by atomic mass is 32.1. The van der Waals surface area contributed by atoms with Crippen molar-refractivity contribution in [3.63, 3.8) is 0 Å². The molecule has 2 N–H and O–H groups in total. The summed E-state index contributed by atoms with van der Waals surface area (Å²) in [7, 11) is 0. The SMILES string of the molecule is CC[C@@H](NC(=O)c1csnn1)C(=O)O. The number of nitrogens with zero attached hydrogens (tertiary/aromatic N) is 2. The van der Waals surface area contributed by atoms with Gasteiger partial charge in [0, 0.05) is 5.38 Å². The van der Waals surface area contributed by atoms with E-state index in [4.69, 9.17) is 5.11 Å². The summed E-state index contributed by atoms with van der Waals surface area (Å²) >= 11 is 1.04. The summed E-state index contributed by atoms with van der Waals surface area (Å²) in [6.45, 7) is 1.68. The number of nitrogens with one attached hydrogen (secondary N) is 1. The number of carbonyl (C=O) groups excluding carboxylic acids is 1. The number of rotatable bonds is 4. The molecule has 1 amide bonds. The van der Waals surface area contributed by atoms with E-state index in [0.717, 1.165) is 11.5 Å². The number of aliphatic carboxylic acids is 1. The van der Waals surface area contributed by atoms with Crippen LogP contribution in [0.2, 0.25) is 0 Å². The molecule has 0 saturated heterocycles. The average Bonchev–Trinajstić information content (AvgIpc) is 2.65. The van der Waals surface area contributed by atoms with Crippen molar-refractivity contribution in [2.24, 2.45) is 0 Å². The predicted molar refractivity (Wildman–Crippen MR) is 49.1 cm³/mol. The molecule has 0 fully saturated rings. The van der Waals surface area contributed by atoms with Gasteiger partial charge in [-0.2, -0.15) is 0 Å². The van der Waals surface area contributed by atoms with Gasteiger partial charge >= 0.3 is 5.97 Å². The van der Waals surface area contributed by atoms with Crippen molar-refractivity contribution in [3.8, 4) is 0 Å². The first-order chi connectivity index (χ1) is 6.65. The number of carboxylic acid groups (broad SMARTS) is 1. The molecule has 1 aromatic heterocycles. The van der Waals surface area contributed by atoms with Gasteiger partial charge in [0.15, 0.2) is 5.69 Å². The minimum absolute atomic E-state index is 0.148. The molecule has 0 saturated carbocycles. The Morgan fingerprint density at radius 3 is 2.86 bits per heavy atom. The van der Waals surface area contributed by atoms with Gasteiger partial charge in [0.1, 0.15) is 6.04 Å². The molecule has 76 valence electrons.